The van der Waals surface area contributed by atoms with E-state index in [-0.39, 0.29) is 0 Å². The molecule has 0 spiro atoms. The zero-order valence-corrected chi connectivity index (χ0v) is 11.2. The fourth-order valence-corrected chi connectivity index (χ4v) is 3.20. The monoisotopic (exact) mass is 248 g/mol. The van der Waals surface area contributed by atoms with Crippen LogP contribution in [0.3, 0.4) is 0 Å². The van der Waals surface area contributed by atoms with Crippen LogP contribution in [0.4, 0.5) is 0 Å². The highest BCUT2D eigenvalue weighted by Crippen LogP contribution is 2.17. The van der Waals surface area contributed by atoms with Gasteiger partial charge in [0.25, 0.3) is 0 Å². The molecule has 4 nitrogen and oxygen atoms in total. The first-order chi connectivity index (χ1) is 8.93. The summed E-state index contributed by atoms with van der Waals surface area (Å²) in [6, 6.07) is 0.706. The number of rotatable bonds is 3. The molecule has 0 aromatic carbocycles. The summed E-state index contributed by atoms with van der Waals surface area (Å²) in [6.45, 7) is 2.33. The van der Waals surface area contributed by atoms with Gasteiger partial charge in [0.05, 0.1) is 0 Å². The molecule has 100 valence electrons. The fraction of sp³-hybridized carbons (Fsp3) is 0.857. The van der Waals surface area contributed by atoms with Crippen molar-refractivity contribution in [3.8, 4) is 0 Å². The van der Waals surface area contributed by atoms with Crippen LogP contribution >= 0.6 is 0 Å². The zero-order valence-electron chi connectivity index (χ0n) is 11.2. The van der Waals surface area contributed by atoms with Gasteiger partial charge in [-0.25, -0.2) is 0 Å². The first-order valence-electron chi connectivity index (χ1n) is 7.58. The molecule has 0 radical (unpaired) electrons. The van der Waals surface area contributed by atoms with E-state index in [2.05, 4.69) is 20.1 Å². The molecule has 3 heterocycles. The lowest BCUT2D eigenvalue weighted by Gasteiger charge is -2.23. The second-order valence-corrected chi connectivity index (χ2v) is 5.68. The Kier molecular flexibility index (Phi) is 3.93. The van der Waals surface area contributed by atoms with Gasteiger partial charge in [-0.05, 0) is 38.6 Å². The summed E-state index contributed by atoms with van der Waals surface area (Å²) in [6.07, 6.45) is 11.4. The highest BCUT2D eigenvalue weighted by Gasteiger charge is 2.17. The summed E-state index contributed by atoms with van der Waals surface area (Å²) >= 11 is 0. The number of nitrogens with one attached hydrogen (secondary N) is 1. The van der Waals surface area contributed by atoms with Crippen LogP contribution in [0.25, 0.3) is 0 Å². The Balaban J connectivity index is 1.60. The number of hydrogen-bond acceptors (Lipinski definition) is 3. The highest BCUT2D eigenvalue weighted by molar-refractivity contribution is 4.98. The third-order valence-electron chi connectivity index (χ3n) is 4.31. The summed E-state index contributed by atoms with van der Waals surface area (Å²) in [7, 11) is 0. The molecule has 1 atom stereocenters. The third kappa shape index (κ3) is 2.74. The third-order valence-corrected chi connectivity index (χ3v) is 4.31. The Morgan fingerprint density at radius 3 is 3.00 bits per heavy atom. The molecule has 4 heteroatoms. The topological polar surface area (TPSA) is 42.7 Å². The highest BCUT2D eigenvalue weighted by atomic mass is 15.3. The minimum atomic E-state index is 0.706. The maximum Gasteiger partial charge on any atom is 0.133 e. The zero-order chi connectivity index (χ0) is 12.2. The van der Waals surface area contributed by atoms with Gasteiger partial charge in [-0.15, -0.1) is 10.2 Å². The van der Waals surface area contributed by atoms with E-state index in [0.717, 1.165) is 19.4 Å². The maximum atomic E-state index is 4.41. The number of aryl methyl sites for hydroxylation is 2. The number of fused-ring (bicyclic) bond motifs is 1. The molecule has 0 saturated carbocycles. The van der Waals surface area contributed by atoms with Crippen molar-refractivity contribution in [3.63, 3.8) is 0 Å². The lowest BCUT2D eigenvalue weighted by molar-refractivity contribution is 0.378. The van der Waals surface area contributed by atoms with E-state index in [1.807, 2.05) is 0 Å². The SMILES string of the molecule is C1CCc2nnc(CCC3CCCCN3)n2CC1. The number of aromatic nitrogens is 3. The van der Waals surface area contributed by atoms with Crippen molar-refractivity contribution in [1.29, 1.82) is 0 Å². The molecular weight excluding hydrogens is 224 g/mol. The molecule has 1 aromatic rings. The lowest BCUT2D eigenvalue weighted by Crippen LogP contribution is -2.34. The van der Waals surface area contributed by atoms with Gasteiger partial charge in [0, 0.05) is 25.4 Å². The van der Waals surface area contributed by atoms with E-state index in [9.17, 15) is 0 Å². The van der Waals surface area contributed by atoms with Gasteiger partial charge < -0.3 is 9.88 Å². The number of nitrogens with zero attached hydrogens (tertiary/aromatic N) is 3. The largest absolute Gasteiger partial charge is 0.315 e. The molecule has 1 unspecified atom stereocenters. The van der Waals surface area contributed by atoms with Gasteiger partial charge in [-0.3, -0.25) is 0 Å². The molecule has 0 bridgehead atoms. The van der Waals surface area contributed by atoms with Crippen LogP contribution in [-0.4, -0.2) is 27.4 Å². The van der Waals surface area contributed by atoms with E-state index in [4.69, 9.17) is 0 Å². The maximum absolute atomic E-state index is 4.41. The van der Waals surface area contributed by atoms with E-state index in [1.165, 1.54) is 63.1 Å². The van der Waals surface area contributed by atoms with Crippen LogP contribution in [0.15, 0.2) is 0 Å². The van der Waals surface area contributed by atoms with Crippen molar-refractivity contribution < 1.29 is 0 Å². The smallest absolute Gasteiger partial charge is 0.133 e. The average Bonchev–Trinajstić information content (AvgIpc) is 2.65. The molecular formula is C14H24N4. The molecule has 0 aliphatic carbocycles. The van der Waals surface area contributed by atoms with Gasteiger partial charge >= 0.3 is 0 Å². The Bertz CT molecular complexity index is 379. The Morgan fingerprint density at radius 2 is 2.11 bits per heavy atom. The summed E-state index contributed by atoms with van der Waals surface area (Å²) in [5, 5.41) is 12.4. The van der Waals surface area contributed by atoms with Gasteiger partial charge in [0.15, 0.2) is 0 Å². The van der Waals surface area contributed by atoms with Crippen molar-refractivity contribution in [1.82, 2.24) is 20.1 Å². The average molecular weight is 248 g/mol. The Hall–Kier alpha value is -0.900. The summed E-state index contributed by atoms with van der Waals surface area (Å²) in [5.74, 6) is 2.44. The molecule has 0 amide bonds. The summed E-state index contributed by atoms with van der Waals surface area (Å²) in [4.78, 5) is 0. The van der Waals surface area contributed by atoms with Crippen molar-refractivity contribution in [2.45, 2.75) is 70.4 Å². The number of hydrogen-bond donors (Lipinski definition) is 1. The molecule has 1 saturated heterocycles. The van der Waals surface area contributed by atoms with Crippen molar-refractivity contribution in [2.24, 2.45) is 0 Å². The first-order valence-corrected chi connectivity index (χ1v) is 7.58. The van der Waals surface area contributed by atoms with Gasteiger partial charge in [0.1, 0.15) is 11.6 Å². The fourth-order valence-electron chi connectivity index (χ4n) is 3.20. The number of piperidine rings is 1. The van der Waals surface area contributed by atoms with Crippen LogP contribution in [0.1, 0.15) is 56.6 Å². The van der Waals surface area contributed by atoms with Crippen molar-refractivity contribution >= 4 is 0 Å². The molecule has 3 rings (SSSR count). The molecule has 1 fully saturated rings. The van der Waals surface area contributed by atoms with Gasteiger partial charge in [-0.2, -0.15) is 0 Å². The quantitative estimate of drug-likeness (QED) is 0.890. The van der Waals surface area contributed by atoms with Crippen LogP contribution in [0.5, 0.6) is 0 Å². The normalized spacial score (nSPS) is 24.6. The van der Waals surface area contributed by atoms with Crippen molar-refractivity contribution in [2.75, 3.05) is 6.54 Å². The molecule has 1 N–H and O–H groups in total. The van der Waals surface area contributed by atoms with E-state index < -0.39 is 0 Å². The Labute approximate surface area is 109 Å². The second-order valence-electron chi connectivity index (χ2n) is 5.68. The summed E-state index contributed by atoms with van der Waals surface area (Å²) in [5.41, 5.74) is 0. The molecule has 2 aliphatic heterocycles. The Morgan fingerprint density at radius 1 is 1.11 bits per heavy atom. The van der Waals surface area contributed by atoms with Crippen LogP contribution in [-0.2, 0) is 19.4 Å². The van der Waals surface area contributed by atoms with Crippen LogP contribution in [0, 0.1) is 0 Å². The predicted molar refractivity (Wildman–Crippen MR) is 71.5 cm³/mol. The van der Waals surface area contributed by atoms with Crippen LogP contribution < -0.4 is 5.32 Å². The van der Waals surface area contributed by atoms with Crippen LogP contribution in [0.2, 0.25) is 0 Å². The standard InChI is InChI=1S/C14H24N4/c1-2-7-13-16-17-14(18(13)11-5-1)9-8-12-6-3-4-10-15-12/h12,15H,1-11H2. The predicted octanol–water partition coefficient (Wildman–Crippen LogP) is 2.08. The molecule has 2 aliphatic rings. The summed E-state index contributed by atoms with van der Waals surface area (Å²) < 4.78 is 2.38. The van der Waals surface area contributed by atoms with E-state index >= 15 is 0 Å². The second kappa shape index (κ2) is 5.83. The lowest BCUT2D eigenvalue weighted by atomic mass is 10.0. The van der Waals surface area contributed by atoms with E-state index in [1.54, 1.807) is 0 Å². The minimum absolute atomic E-state index is 0.706. The van der Waals surface area contributed by atoms with Gasteiger partial charge in [0.2, 0.25) is 0 Å². The van der Waals surface area contributed by atoms with Gasteiger partial charge in [-0.1, -0.05) is 12.8 Å². The molecule has 1 aromatic heterocycles. The first kappa shape index (κ1) is 12.2. The van der Waals surface area contributed by atoms with Crippen molar-refractivity contribution in [3.05, 3.63) is 11.6 Å². The van der Waals surface area contributed by atoms with E-state index in [0.29, 0.717) is 6.04 Å². The minimum Gasteiger partial charge on any atom is -0.315 e. The molecule has 18 heavy (non-hydrogen) atoms.